The van der Waals surface area contributed by atoms with Crippen molar-refractivity contribution in [3.63, 3.8) is 0 Å². The first-order valence-electron chi connectivity index (χ1n) is 8.05. The van der Waals surface area contributed by atoms with E-state index in [-0.39, 0.29) is 10.6 Å². The first kappa shape index (κ1) is 18.0. The van der Waals surface area contributed by atoms with E-state index in [1.165, 1.54) is 36.8 Å². The Bertz CT molecular complexity index is 471. The van der Waals surface area contributed by atoms with Gasteiger partial charge < -0.3 is 5.32 Å². The fourth-order valence-corrected chi connectivity index (χ4v) is 2.41. The third kappa shape index (κ3) is 6.51. The Hall–Kier alpha value is -1.03. The summed E-state index contributed by atoms with van der Waals surface area (Å²) in [6, 6.07) is 0. The number of unbranched alkanes of at least 4 members (excludes halogenated alkanes) is 5. The molecule has 0 aliphatic heterocycles. The van der Waals surface area contributed by atoms with E-state index in [0.29, 0.717) is 18.2 Å². The van der Waals surface area contributed by atoms with Crippen molar-refractivity contribution >= 4 is 17.3 Å². The van der Waals surface area contributed by atoms with Gasteiger partial charge in [0.1, 0.15) is 5.02 Å². The SMILES string of the molecule is CCCCCCCCNc1cnn(CC(C)C)c(=O)c1Cl. The average Bonchev–Trinajstić information content (AvgIpc) is 2.44. The van der Waals surface area contributed by atoms with Crippen LogP contribution in [0.5, 0.6) is 0 Å². The number of nitrogens with one attached hydrogen (secondary N) is 1. The second-order valence-electron chi connectivity index (χ2n) is 5.95. The zero-order valence-corrected chi connectivity index (χ0v) is 14.2. The lowest BCUT2D eigenvalue weighted by Crippen LogP contribution is -2.26. The fourth-order valence-electron chi connectivity index (χ4n) is 2.19. The van der Waals surface area contributed by atoms with Crippen LogP contribution in [-0.4, -0.2) is 16.3 Å². The summed E-state index contributed by atoms with van der Waals surface area (Å²) in [5.41, 5.74) is 0.438. The molecule has 0 atom stereocenters. The Morgan fingerprint density at radius 1 is 1.24 bits per heavy atom. The van der Waals surface area contributed by atoms with Crippen molar-refractivity contribution in [1.29, 1.82) is 0 Å². The molecule has 0 spiro atoms. The summed E-state index contributed by atoms with van der Waals surface area (Å²) in [5.74, 6) is 0.369. The minimum Gasteiger partial charge on any atom is -0.382 e. The van der Waals surface area contributed by atoms with Crippen LogP contribution in [0.3, 0.4) is 0 Å². The number of halogens is 1. The van der Waals surface area contributed by atoms with Gasteiger partial charge in [-0.2, -0.15) is 5.10 Å². The maximum atomic E-state index is 12.1. The van der Waals surface area contributed by atoms with Crippen LogP contribution < -0.4 is 10.9 Å². The zero-order chi connectivity index (χ0) is 15.7. The minimum absolute atomic E-state index is 0.210. The van der Waals surface area contributed by atoms with Crippen LogP contribution in [0.15, 0.2) is 11.0 Å². The van der Waals surface area contributed by atoms with Gasteiger partial charge in [-0.05, 0) is 12.3 Å². The highest BCUT2D eigenvalue weighted by Crippen LogP contribution is 2.16. The monoisotopic (exact) mass is 313 g/mol. The molecule has 1 aromatic rings. The highest BCUT2D eigenvalue weighted by atomic mass is 35.5. The Kier molecular flexibility index (Phi) is 8.43. The smallest absolute Gasteiger partial charge is 0.287 e. The Balaban J connectivity index is 2.42. The summed E-state index contributed by atoms with van der Waals surface area (Å²) in [5, 5.41) is 7.64. The standard InChI is InChI=1S/C16H28ClN3O/c1-4-5-6-7-8-9-10-18-14-11-19-20(12-13(2)3)16(21)15(14)17/h11,13,18H,4-10,12H2,1-3H3. The number of rotatable bonds is 10. The van der Waals surface area contributed by atoms with Crippen molar-refractivity contribution < 1.29 is 0 Å². The van der Waals surface area contributed by atoms with E-state index in [4.69, 9.17) is 11.6 Å². The molecule has 4 nitrogen and oxygen atoms in total. The highest BCUT2D eigenvalue weighted by Gasteiger charge is 2.09. The summed E-state index contributed by atoms with van der Waals surface area (Å²) in [4.78, 5) is 12.1. The summed E-state index contributed by atoms with van der Waals surface area (Å²) >= 11 is 6.13. The normalized spacial score (nSPS) is 11.1. The Morgan fingerprint density at radius 2 is 1.90 bits per heavy atom. The molecule has 0 fully saturated rings. The van der Waals surface area contributed by atoms with E-state index in [2.05, 4.69) is 17.3 Å². The first-order valence-corrected chi connectivity index (χ1v) is 8.43. The van der Waals surface area contributed by atoms with E-state index in [1.807, 2.05) is 13.8 Å². The van der Waals surface area contributed by atoms with Crippen LogP contribution in [0, 0.1) is 5.92 Å². The molecule has 0 aliphatic rings. The topological polar surface area (TPSA) is 46.9 Å². The molecule has 0 aromatic carbocycles. The molecular formula is C16H28ClN3O. The molecule has 0 amide bonds. The van der Waals surface area contributed by atoms with Crippen molar-refractivity contribution in [2.45, 2.75) is 65.8 Å². The molecule has 1 rings (SSSR count). The molecule has 1 heterocycles. The number of hydrogen-bond donors (Lipinski definition) is 1. The van der Waals surface area contributed by atoms with Gasteiger partial charge in [-0.3, -0.25) is 4.79 Å². The van der Waals surface area contributed by atoms with Gasteiger partial charge in [0.05, 0.1) is 11.9 Å². The molecule has 1 N–H and O–H groups in total. The van der Waals surface area contributed by atoms with Gasteiger partial charge in [-0.15, -0.1) is 0 Å². The summed E-state index contributed by atoms with van der Waals surface area (Å²) < 4.78 is 1.43. The largest absolute Gasteiger partial charge is 0.382 e. The van der Waals surface area contributed by atoms with E-state index in [0.717, 1.165) is 13.0 Å². The van der Waals surface area contributed by atoms with Gasteiger partial charge in [-0.25, -0.2) is 4.68 Å². The first-order chi connectivity index (χ1) is 10.1. The third-order valence-corrected chi connectivity index (χ3v) is 3.73. The summed E-state index contributed by atoms with van der Waals surface area (Å²) in [6.07, 6.45) is 9.13. The van der Waals surface area contributed by atoms with Gasteiger partial charge in [0.15, 0.2) is 0 Å². The average molecular weight is 314 g/mol. The fraction of sp³-hybridized carbons (Fsp3) is 0.750. The molecule has 0 bridgehead atoms. The lowest BCUT2D eigenvalue weighted by molar-refractivity contribution is 0.464. The molecule has 0 saturated carbocycles. The summed E-state index contributed by atoms with van der Waals surface area (Å²) in [6.45, 7) is 7.74. The van der Waals surface area contributed by atoms with Gasteiger partial charge in [0.2, 0.25) is 0 Å². The van der Waals surface area contributed by atoms with Crippen LogP contribution in [-0.2, 0) is 6.54 Å². The lowest BCUT2D eigenvalue weighted by atomic mass is 10.1. The van der Waals surface area contributed by atoms with E-state index in [1.54, 1.807) is 6.20 Å². The van der Waals surface area contributed by atoms with E-state index < -0.39 is 0 Å². The van der Waals surface area contributed by atoms with E-state index >= 15 is 0 Å². The van der Waals surface area contributed by atoms with Crippen LogP contribution in [0.2, 0.25) is 5.02 Å². The van der Waals surface area contributed by atoms with Crippen molar-refractivity contribution in [1.82, 2.24) is 9.78 Å². The lowest BCUT2D eigenvalue weighted by Gasteiger charge is -2.11. The maximum Gasteiger partial charge on any atom is 0.287 e. The Morgan fingerprint density at radius 3 is 2.57 bits per heavy atom. The predicted molar refractivity (Wildman–Crippen MR) is 90.2 cm³/mol. The van der Waals surface area contributed by atoms with Crippen molar-refractivity contribution in [3.05, 3.63) is 21.6 Å². The number of anilines is 1. The van der Waals surface area contributed by atoms with Gasteiger partial charge >= 0.3 is 0 Å². The predicted octanol–water partition coefficient (Wildman–Crippen LogP) is 4.33. The van der Waals surface area contributed by atoms with Crippen LogP contribution in [0.4, 0.5) is 5.69 Å². The quantitative estimate of drug-likeness (QED) is 0.654. The van der Waals surface area contributed by atoms with Crippen LogP contribution in [0.25, 0.3) is 0 Å². The molecule has 0 radical (unpaired) electrons. The molecule has 0 saturated heterocycles. The van der Waals surface area contributed by atoms with Gasteiger partial charge in [0, 0.05) is 13.1 Å². The molecule has 1 aromatic heterocycles. The van der Waals surface area contributed by atoms with E-state index in [9.17, 15) is 4.79 Å². The van der Waals surface area contributed by atoms with Gasteiger partial charge in [0.25, 0.3) is 5.56 Å². The molecule has 120 valence electrons. The molecule has 0 aliphatic carbocycles. The molecule has 5 heteroatoms. The van der Waals surface area contributed by atoms with Crippen molar-refractivity contribution in [3.8, 4) is 0 Å². The third-order valence-electron chi connectivity index (χ3n) is 3.37. The molecule has 21 heavy (non-hydrogen) atoms. The zero-order valence-electron chi connectivity index (χ0n) is 13.5. The Labute approximate surface area is 132 Å². The summed E-state index contributed by atoms with van der Waals surface area (Å²) in [7, 11) is 0. The molecular weight excluding hydrogens is 286 g/mol. The number of aromatic nitrogens is 2. The van der Waals surface area contributed by atoms with Crippen molar-refractivity contribution in [2.24, 2.45) is 5.92 Å². The van der Waals surface area contributed by atoms with Crippen LogP contribution >= 0.6 is 11.6 Å². The highest BCUT2D eigenvalue weighted by molar-refractivity contribution is 6.32. The van der Waals surface area contributed by atoms with Crippen LogP contribution in [0.1, 0.15) is 59.3 Å². The molecule has 0 unspecified atom stereocenters. The van der Waals surface area contributed by atoms with Crippen molar-refractivity contribution in [2.75, 3.05) is 11.9 Å². The second-order valence-corrected chi connectivity index (χ2v) is 6.33. The maximum absolute atomic E-state index is 12.1. The second kappa shape index (κ2) is 9.82. The number of nitrogens with zero attached hydrogens (tertiary/aromatic N) is 2. The number of hydrogen-bond acceptors (Lipinski definition) is 3. The van der Waals surface area contributed by atoms with Gasteiger partial charge in [-0.1, -0.05) is 64.5 Å². The minimum atomic E-state index is -0.210.